The average molecular weight is 326 g/mol. The van der Waals surface area contributed by atoms with E-state index < -0.39 is 15.9 Å². The minimum Gasteiger partial charge on any atom is -0.482 e. The molecule has 2 aromatic rings. The Morgan fingerprint density at radius 3 is 2.43 bits per heavy atom. The smallest absolute Gasteiger partial charge is 0.330 e. The Morgan fingerprint density at radius 2 is 1.86 bits per heavy atom. The number of nitrogens with zero attached hydrogens (tertiary/aromatic N) is 1. The van der Waals surface area contributed by atoms with E-state index in [-0.39, 0.29) is 22.9 Å². The number of halogens is 2. The van der Waals surface area contributed by atoms with Crippen molar-refractivity contribution in [2.45, 2.75) is 6.61 Å². The first-order valence-electron chi connectivity index (χ1n) is 5.84. The summed E-state index contributed by atoms with van der Waals surface area (Å²) in [4.78, 5) is 21.6. The second-order valence-electron chi connectivity index (χ2n) is 4.08. The third-order valence-electron chi connectivity index (χ3n) is 2.71. The number of nitro groups is 1. The highest BCUT2D eigenvalue weighted by molar-refractivity contribution is 6.69. The zero-order valence-electron chi connectivity index (χ0n) is 10.6. The Labute approximate surface area is 130 Å². The molecule has 0 aromatic heterocycles. The third-order valence-corrected chi connectivity index (χ3v) is 3.30. The Balaban J connectivity index is 2.33. The molecule has 0 unspecified atom stereocenters. The lowest BCUT2D eigenvalue weighted by molar-refractivity contribution is -0.385. The van der Waals surface area contributed by atoms with Gasteiger partial charge in [-0.15, -0.1) is 0 Å². The summed E-state index contributed by atoms with van der Waals surface area (Å²) in [5.41, 5.74) is 0.247. The third kappa shape index (κ3) is 3.51. The molecule has 0 radical (unpaired) electrons. The van der Waals surface area contributed by atoms with Crippen LogP contribution in [-0.4, -0.2) is 10.2 Å². The summed E-state index contributed by atoms with van der Waals surface area (Å²) in [5.74, 6) is -0.0180. The van der Waals surface area contributed by atoms with E-state index in [9.17, 15) is 14.9 Å². The zero-order valence-corrected chi connectivity index (χ0v) is 12.1. The molecule has 0 aliphatic carbocycles. The van der Waals surface area contributed by atoms with Crippen LogP contribution in [0.15, 0.2) is 42.5 Å². The molecule has 108 valence electrons. The fraction of sp³-hybridized carbons (Fsp3) is 0.0714. The van der Waals surface area contributed by atoms with E-state index in [1.54, 1.807) is 0 Å². The van der Waals surface area contributed by atoms with Crippen LogP contribution in [0.2, 0.25) is 5.02 Å². The van der Waals surface area contributed by atoms with E-state index in [0.717, 1.165) is 5.56 Å². The van der Waals surface area contributed by atoms with E-state index in [0.29, 0.717) is 0 Å². The van der Waals surface area contributed by atoms with Crippen molar-refractivity contribution in [2.24, 2.45) is 0 Å². The number of ether oxygens (including phenoxy) is 1. The van der Waals surface area contributed by atoms with Crippen molar-refractivity contribution in [1.29, 1.82) is 0 Å². The highest BCUT2D eigenvalue weighted by atomic mass is 35.5. The summed E-state index contributed by atoms with van der Waals surface area (Å²) in [6, 6.07) is 11.8. The lowest BCUT2D eigenvalue weighted by Gasteiger charge is -2.09. The second-order valence-corrected chi connectivity index (χ2v) is 4.80. The number of benzene rings is 2. The first kappa shape index (κ1) is 15.3. The van der Waals surface area contributed by atoms with Crippen LogP contribution in [-0.2, 0) is 6.61 Å². The number of hydrogen-bond donors (Lipinski definition) is 0. The molecule has 0 aliphatic heterocycles. The molecule has 7 heteroatoms. The molecule has 2 rings (SSSR count). The van der Waals surface area contributed by atoms with Gasteiger partial charge in [0.25, 0.3) is 5.24 Å². The highest BCUT2D eigenvalue weighted by Crippen LogP contribution is 2.38. The van der Waals surface area contributed by atoms with Gasteiger partial charge in [0.05, 0.1) is 10.5 Å². The normalized spacial score (nSPS) is 10.2. The lowest BCUT2D eigenvalue weighted by Crippen LogP contribution is -2.02. The maximum atomic E-state index is 11.1. The molecule has 21 heavy (non-hydrogen) atoms. The second kappa shape index (κ2) is 6.56. The van der Waals surface area contributed by atoms with Crippen molar-refractivity contribution in [3.63, 3.8) is 0 Å². The molecule has 0 saturated heterocycles. The Hall–Kier alpha value is -2.11. The molecule has 0 spiro atoms. The number of rotatable bonds is 5. The Morgan fingerprint density at radius 1 is 1.19 bits per heavy atom. The predicted molar refractivity (Wildman–Crippen MR) is 79.1 cm³/mol. The maximum Gasteiger partial charge on any atom is 0.330 e. The van der Waals surface area contributed by atoms with Crippen molar-refractivity contribution in [2.75, 3.05) is 0 Å². The largest absolute Gasteiger partial charge is 0.482 e. The molecular formula is C14H9Cl2NO4. The van der Waals surface area contributed by atoms with Gasteiger partial charge in [-0.1, -0.05) is 41.9 Å². The summed E-state index contributed by atoms with van der Waals surface area (Å²) >= 11 is 11.2. The zero-order chi connectivity index (χ0) is 15.4. The van der Waals surface area contributed by atoms with Gasteiger partial charge in [-0.05, 0) is 29.3 Å². The molecule has 0 bridgehead atoms. The van der Waals surface area contributed by atoms with E-state index >= 15 is 0 Å². The van der Waals surface area contributed by atoms with Crippen molar-refractivity contribution >= 4 is 34.1 Å². The summed E-state index contributed by atoms with van der Waals surface area (Å²) < 4.78 is 5.42. The van der Waals surface area contributed by atoms with Crippen LogP contribution < -0.4 is 4.74 Å². The van der Waals surface area contributed by atoms with Crippen LogP contribution in [0.1, 0.15) is 15.9 Å². The van der Waals surface area contributed by atoms with Crippen molar-refractivity contribution in [3.8, 4) is 5.75 Å². The molecule has 0 aliphatic rings. The Kier molecular flexibility index (Phi) is 4.77. The summed E-state index contributed by atoms with van der Waals surface area (Å²) in [6.07, 6.45) is 0. The fourth-order valence-electron chi connectivity index (χ4n) is 1.72. The van der Waals surface area contributed by atoms with E-state index in [2.05, 4.69) is 0 Å². The van der Waals surface area contributed by atoms with E-state index in [4.69, 9.17) is 27.9 Å². The molecule has 0 atom stereocenters. The van der Waals surface area contributed by atoms with Gasteiger partial charge in [0.2, 0.25) is 0 Å². The summed E-state index contributed by atoms with van der Waals surface area (Å²) in [7, 11) is 0. The molecule has 0 saturated carbocycles. The number of hydrogen-bond acceptors (Lipinski definition) is 4. The van der Waals surface area contributed by atoms with Crippen molar-refractivity contribution in [3.05, 3.63) is 68.7 Å². The molecule has 5 nitrogen and oxygen atoms in total. The quantitative estimate of drug-likeness (QED) is 0.469. The highest BCUT2D eigenvalue weighted by Gasteiger charge is 2.25. The SMILES string of the molecule is O=C(Cl)c1ccc(OCc2ccccc2)c([N+](=O)[O-])c1Cl. The molecule has 0 heterocycles. The van der Waals surface area contributed by atoms with E-state index in [1.807, 2.05) is 30.3 Å². The van der Waals surface area contributed by atoms with Crippen LogP contribution in [0, 0.1) is 10.1 Å². The van der Waals surface area contributed by atoms with Gasteiger partial charge in [-0.2, -0.15) is 0 Å². The van der Waals surface area contributed by atoms with Gasteiger partial charge < -0.3 is 4.74 Å². The Bertz CT molecular complexity index is 689. The van der Waals surface area contributed by atoms with Crippen molar-refractivity contribution in [1.82, 2.24) is 0 Å². The fourth-order valence-corrected chi connectivity index (χ4v) is 2.24. The predicted octanol–water partition coefficient (Wildman–Crippen LogP) is 4.21. The van der Waals surface area contributed by atoms with Gasteiger partial charge in [0.15, 0.2) is 5.75 Å². The van der Waals surface area contributed by atoms with Gasteiger partial charge in [-0.25, -0.2) is 0 Å². The van der Waals surface area contributed by atoms with Gasteiger partial charge in [-0.3, -0.25) is 14.9 Å². The number of nitro benzene ring substituents is 1. The maximum absolute atomic E-state index is 11.1. The number of carbonyl (C=O) groups is 1. The minimum atomic E-state index is -0.863. The minimum absolute atomic E-state index is 0.0180. The van der Waals surface area contributed by atoms with Crippen LogP contribution >= 0.6 is 23.2 Å². The van der Waals surface area contributed by atoms with Crippen LogP contribution in [0.5, 0.6) is 5.75 Å². The van der Waals surface area contributed by atoms with Crippen LogP contribution in [0.4, 0.5) is 5.69 Å². The molecule has 0 amide bonds. The molecule has 0 N–H and O–H groups in total. The first-order valence-corrected chi connectivity index (χ1v) is 6.59. The molecule has 2 aromatic carbocycles. The van der Waals surface area contributed by atoms with Crippen molar-refractivity contribution < 1.29 is 14.5 Å². The van der Waals surface area contributed by atoms with Crippen LogP contribution in [0.3, 0.4) is 0 Å². The monoisotopic (exact) mass is 325 g/mol. The lowest BCUT2D eigenvalue weighted by atomic mass is 10.2. The van der Waals surface area contributed by atoms with Gasteiger partial charge in [0, 0.05) is 0 Å². The molecular weight excluding hydrogens is 317 g/mol. The van der Waals surface area contributed by atoms with E-state index in [1.165, 1.54) is 12.1 Å². The summed E-state index contributed by atoms with van der Waals surface area (Å²) in [5, 5.41) is 9.92. The van der Waals surface area contributed by atoms with Gasteiger partial charge >= 0.3 is 5.69 Å². The summed E-state index contributed by atoms with van der Waals surface area (Å²) in [6.45, 7) is 0.145. The first-order chi connectivity index (χ1) is 10.0. The standard InChI is InChI=1S/C14H9Cl2NO4/c15-12-10(14(16)18)6-7-11(13(12)17(19)20)21-8-9-4-2-1-3-5-9/h1-7H,8H2. The molecule has 0 fully saturated rings. The average Bonchev–Trinajstić information content (AvgIpc) is 2.45. The topological polar surface area (TPSA) is 69.4 Å². The number of carbonyl (C=O) groups excluding carboxylic acids is 1. The van der Waals surface area contributed by atoms with Crippen LogP contribution in [0.25, 0.3) is 0 Å². The van der Waals surface area contributed by atoms with Gasteiger partial charge in [0.1, 0.15) is 11.6 Å².